The molecule has 0 radical (unpaired) electrons. The molecular weight excluding hydrogens is 234 g/mol. The highest BCUT2D eigenvalue weighted by molar-refractivity contribution is 7.91. The van der Waals surface area contributed by atoms with E-state index in [1.165, 1.54) is 5.56 Å². The van der Waals surface area contributed by atoms with Crippen molar-refractivity contribution in [2.24, 2.45) is 4.99 Å². The molecule has 1 heterocycles. The quantitative estimate of drug-likeness (QED) is 0.770. The van der Waals surface area contributed by atoms with Gasteiger partial charge in [-0.15, -0.1) is 0 Å². The average Bonchev–Trinajstić information content (AvgIpc) is 2.55. The van der Waals surface area contributed by atoms with E-state index in [4.69, 9.17) is 0 Å². The molecule has 92 valence electrons. The second kappa shape index (κ2) is 4.61. The molecule has 3 nitrogen and oxygen atoms in total. The Hall–Kier alpha value is -1.16. The van der Waals surface area contributed by atoms with Gasteiger partial charge < -0.3 is 0 Å². The minimum atomic E-state index is -2.86. The Balaban J connectivity index is 1.98. The van der Waals surface area contributed by atoms with Crippen LogP contribution >= 0.6 is 0 Å². The molecule has 0 spiro atoms. The second-order valence-corrected chi connectivity index (χ2v) is 7.02. The van der Waals surface area contributed by atoms with Crippen LogP contribution in [0.15, 0.2) is 35.3 Å². The van der Waals surface area contributed by atoms with Crippen LogP contribution in [0, 0.1) is 0 Å². The normalized spacial score (nSPS) is 27.6. The summed E-state index contributed by atoms with van der Waals surface area (Å²) >= 11 is 0. The van der Waals surface area contributed by atoms with E-state index in [9.17, 15) is 8.42 Å². The van der Waals surface area contributed by atoms with Gasteiger partial charge in [-0.25, -0.2) is 8.42 Å². The maximum absolute atomic E-state index is 11.4. The molecular formula is C13H17NO2S. The fourth-order valence-electron chi connectivity index (χ4n) is 2.08. The van der Waals surface area contributed by atoms with E-state index in [1.54, 1.807) is 0 Å². The molecule has 1 aliphatic rings. The van der Waals surface area contributed by atoms with Crippen LogP contribution in [0.5, 0.6) is 0 Å². The molecule has 1 fully saturated rings. The van der Waals surface area contributed by atoms with Crippen LogP contribution in [0.4, 0.5) is 0 Å². The van der Waals surface area contributed by atoms with E-state index < -0.39 is 15.4 Å². The largest absolute Gasteiger partial charge is 0.290 e. The third-order valence-electron chi connectivity index (χ3n) is 3.06. The predicted octanol–water partition coefficient (Wildman–Crippen LogP) is 1.88. The summed E-state index contributed by atoms with van der Waals surface area (Å²) in [4.78, 5) is 4.44. The third-order valence-corrected chi connectivity index (χ3v) is 4.94. The fraction of sp³-hybridized carbons (Fsp3) is 0.462. The molecule has 0 unspecified atom stereocenters. The van der Waals surface area contributed by atoms with Crippen LogP contribution in [0.1, 0.15) is 18.9 Å². The summed E-state index contributed by atoms with van der Waals surface area (Å²) < 4.78 is 22.8. The molecule has 2 rings (SSSR count). The second-order valence-electron chi connectivity index (χ2n) is 4.84. The van der Waals surface area contributed by atoms with Crippen LogP contribution in [0.3, 0.4) is 0 Å². The Bertz CT molecular complexity index is 507. The fourth-order valence-corrected chi connectivity index (χ4v) is 4.14. The van der Waals surface area contributed by atoms with Crippen molar-refractivity contribution in [3.05, 3.63) is 35.9 Å². The van der Waals surface area contributed by atoms with Gasteiger partial charge >= 0.3 is 0 Å². The summed E-state index contributed by atoms with van der Waals surface area (Å²) in [6.45, 7) is 1.92. The van der Waals surface area contributed by atoms with Gasteiger partial charge in [-0.2, -0.15) is 0 Å². The number of hydrogen-bond donors (Lipinski definition) is 0. The Labute approximate surface area is 103 Å². The molecule has 0 aromatic heterocycles. The van der Waals surface area contributed by atoms with Gasteiger partial charge in [0.25, 0.3) is 0 Å². The first-order valence-corrected chi connectivity index (χ1v) is 7.59. The smallest absolute Gasteiger partial charge is 0.152 e. The minimum absolute atomic E-state index is 0.186. The summed E-state index contributed by atoms with van der Waals surface area (Å²) in [5.74, 6) is 0.456. The van der Waals surface area contributed by atoms with Crippen LogP contribution < -0.4 is 0 Å². The number of rotatable bonds is 3. The van der Waals surface area contributed by atoms with Gasteiger partial charge in [-0.3, -0.25) is 4.99 Å². The minimum Gasteiger partial charge on any atom is -0.290 e. The van der Waals surface area contributed by atoms with E-state index in [2.05, 4.69) is 4.99 Å². The van der Waals surface area contributed by atoms with E-state index in [0.717, 1.165) is 6.42 Å². The first-order chi connectivity index (χ1) is 7.99. The molecule has 1 atom stereocenters. The molecule has 1 saturated heterocycles. The summed E-state index contributed by atoms with van der Waals surface area (Å²) in [6.07, 6.45) is 3.24. The molecule has 4 heteroatoms. The van der Waals surface area contributed by atoms with E-state index in [1.807, 2.05) is 43.5 Å². The molecule has 17 heavy (non-hydrogen) atoms. The predicted molar refractivity (Wildman–Crippen MR) is 70.3 cm³/mol. The van der Waals surface area contributed by atoms with Crippen molar-refractivity contribution in [1.82, 2.24) is 0 Å². The molecule has 0 aliphatic carbocycles. The Morgan fingerprint density at radius 2 is 2.06 bits per heavy atom. The maximum Gasteiger partial charge on any atom is 0.152 e. The van der Waals surface area contributed by atoms with Crippen LogP contribution in [0.25, 0.3) is 0 Å². The lowest BCUT2D eigenvalue weighted by molar-refractivity contribution is 0.535. The number of hydrogen-bond acceptors (Lipinski definition) is 3. The van der Waals surface area contributed by atoms with Crippen molar-refractivity contribution in [3.8, 4) is 0 Å². The van der Waals surface area contributed by atoms with Crippen molar-refractivity contribution in [3.63, 3.8) is 0 Å². The first kappa shape index (κ1) is 12.3. The monoisotopic (exact) mass is 251 g/mol. The Morgan fingerprint density at radius 1 is 1.35 bits per heavy atom. The lowest BCUT2D eigenvalue weighted by Crippen LogP contribution is -2.23. The maximum atomic E-state index is 11.4. The van der Waals surface area contributed by atoms with E-state index in [-0.39, 0.29) is 11.5 Å². The van der Waals surface area contributed by atoms with Crippen molar-refractivity contribution in [2.75, 3.05) is 11.5 Å². The van der Waals surface area contributed by atoms with E-state index >= 15 is 0 Å². The third kappa shape index (κ3) is 3.40. The van der Waals surface area contributed by atoms with Gasteiger partial charge in [0.05, 0.1) is 17.0 Å². The Kier molecular flexibility index (Phi) is 3.33. The molecule has 0 bridgehead atoms. The summed E-state index contributed by atoms with van der Waals surface area (Å²) in [6, 6.07) is 10.0. The summed E-state index contributed by atoms with van der Waals surface area (Å²) in [5.41, 5.74) is 0.786. The molecule has 1 aromatic rings. The number of nitrogens with zero attached hydrogens (tertiary/aromatic N) is 1. The van der Waals surface area contributed by atoms with Crippen molar-refractivity contribution < 1.29 is 8.42 Å². The molecule has 0 saturated carbocycles. The lowest BCUT2D eigenvalue weighted by Gasteiger charge is -2.15. The van der Waals surface area contributed by atoms with Crippen molar-refractivity contribution in [2.45, 2.75) is 25.3 Å². The molecule has 0 N–H and O–H groups in total. The highest BCUT2D eigenvalue weighted by Crippen LogP contribution is 2.26. The van der Waals surface area contributed by atoms with Crippen LogP contribution in [-0.2, 0) is 16.3 Å². The van der Waals surface area contributed by atoms with Gasteiger partial charge in [-0.05, 0) is 18.9 Å². The molecule has 1 aromatic carbocycles. The molecule has 1 aliphatic heterocycles. The zero-order chi connectivity index (χ0) is 12.4. The SMILES string of the molecule is C[C@]1(N=CCc2ccccc2)CCS(=O)(=O)C1. The van der Waals surface area contributed by atoms with Crippen molar-refractivity contribution >= 4 is 16.1 Å². The van der Waals surface area contributed by atoms with Gasteiger partial charge in [0, 0.05) is 12.6 Å². The summed E-state index contributed by atoms with van der Waals surface area (Å²) in [7, 11) is -2.86. The van der Waals surface area contributed by atoms with Crippen molar-refractivity contribution in [1.29, 1.82) is 0 Å². The number of sulfone groups is 1. The lowest BCUT2D eigenvalue weighted by atomic mass is 10.0. The highest BCUT2D eigenvalue weighted by atomic mass is 32.2. The zero-order valence-corrected chi connectivity index (χ0v) is 10.8. The topological polar surface area (TPSA) is 46.5 Å². The zero-order valence-electron chi connectivity index (χ0n) is 9.96. The van der Waals surface area contributed by atoms with Crippen LogP contribution in [-0.4, -0.2) is 31.7 Å². The first-order valence-electron chi connectivity index (χ1n) is 5.77. The number of aliphatic imine (C=N–C) groups is 1. The Morgan fingerprint density at radius 3 is 2.65 bits per heavy atom. The van der Waals surface area contributed by atoms with Gasteiger partial charge in [-0.1, -0.05) is 30.3 Å². The standard InChI is InChI=1S/C13H17NO2S/c1-13(8-10-17(15,16)11-13)14-9-7-12-5-3-2-4-6-12/h2-6,9H,7-8,10-11H2,1H3/t13-/m0/s1. The van der Waals surface area contributed by atoms with Crippen LogP contribution in [0.2, 0.25) is 0 Å². The molecule has 0 amide bonds. The van der Waals surface area contributed by atoms with Gasteiger partial charge in [0.1, 0.15) is 0 Å². The van der Waals surface area contributed by atoms with E-state index in [0.29, 0.717) is 6.42 Å². The summed E-state index contributed by atoms with van der Waals surface area (Å²) in [5, 5.41) is 0. The average molecular weight is 251 g/mol. The van der Waals surface area contributed by atoms with Gasteiger partial charge in [0.2, 0.25) is 0 Å². The number of benzene rings is 1. The highest BCUT2D eigenvalue weighted by Gasteiger charge is 2.37. The van der Waals surface area contributed by atoms with Gasteiger partial charge in [0.15, 0.2) is 9.84 Å².